The van der Waals surface area contributed by atoms with Crippen LogP contribution < -0.4 is 4.74 Å². The molecule has 1 N–H and O–H groups in total. The number of carbonyl (C=O) groups excluding carboxylic acids is 1. The number of Topliss-reactive ketones (excluding diaryl/α,β-unsaturated/α-hetero) is 1. The molecule has 0 saturated heterocycles. The minimum absolute atomic E-state index is 0.113. The molecule has 174 valence electrons. The molecule has 5 heteroatoms. The van der Waals surface area contributed by atoms with Gasteiger partial charge < -0.3 is 14.7 Å². The second kappa shape index (κ2) is 12.4. The number of ether oxygens (including phenoxy) is 1. The Morgan fingerprint density at radius 1 is 1.15 bits per heavy atom. The molecule has 0 saturated carbocycles. The first-order valence-electron chi connectivity index (χ1n) is 11.1. The standard InChI is InChI=1S/C28H33NO4/c1-6-20(3)19-29(22(5)27(30)24-15-13-21(4)14-16-24)17-9-11-23-10-8-12-25(18-23)33-26(7-2)28(31)32/h8-16,18-19,26H,5-7,17H2,1-4H3,(H,31,32)/b11-9+,20-19+. The molecule has 0 bridgehead atoms. The topological polar surface area (TPSA) is 66.8 Å². The van der Waals surface area contributed by atoms with Crippen LogP contribution in [0.2, 0.25) is 0 Å². The van der Waals surface area contributed by atoms with Gasteiger partial charge >= 0.3 is 5.97 Å². The quantitative estimate of drug-likeness (QED) is 0.307. The Labute approximate surface area is 196 Å². The van der Waals surface area contributed by atoms with Gasteiger partial charge in [-0.25, -0.2) is 4.79 Å². The summed E-state index contributed by atoms with van der Waals surface area (Å²) in [4.78, 5) is 26.1. The van der Waals surface area contributed by atoms with E-state index >= 15 is 0 Å². The van der Waals surface area contributed by atoms with Crippen molar-refractivity contribution in [3.05, 3.63) is 95.3 Å². The number of nitrogens with zero attached hydrogens (tertiary/aromatic N) is 1. The van der Waals surface area contributed by atoms with Gasteiger partial charge in [0.25, 0.3) is 0 Å². The lowest BCUT2D eigenvalue weighted by molar-refractivity contribution is -0.145. The van der Waals surface area contributed by atoms with Crippen LogP contribution in [-0.4, -0.2) is 34.4 Å². The highest BCUT2D eigenvalue weighted by atomic mass is 16.5. The van der Waals surface area contributed by atoms with Gasteiger partial charge in [-0.2, -0.15) is 0 Å². The maximum atomic E-state index is 13.0. The molecule has 2 aromatic carbocycles. The maximum absolute atomic E-state index is 13.0. The summed E-state index contributed by atoms with van der Waals surface area (Å²) in [5.74, 6) is -0.592. The summed E-state index contributed by atoms with van der Waals surface area (Å²) >= 11 is 0. The average molecular weight is 448 g/mol. The van der Waals surface area contributed by atoms with Crippen LogP contribution in [0, 0.1) is 6.92 Å². The lowest BCUT2D eigenvalue weighted by Crippen LogP contribution is -2.25. The first-order valence-corrected chi connectivity index (χ1v) is 11.1. The van der Waals surface area contributed by atoms with Gasteiger partial charge in [-0.05, 0) is 44.4 Å². The fourth-order valence-corrected chi connectivity index (χ4v) is 3.07. The van der Waals surface area contributed by atoms with Crippen molar-refractivity contribution >= 4 is 17.8 Å². The molecule has 0 heterocycles. The van der Waals surface area contributed by atoms with Gasteiger partial charge in [0.15, 0.2) is 6.10 Å². The smallest absolute Gasteiger partial charge is 0.344 e. The van der Waals surface area contributed by atoms with Crippen LogP contribution in [0.1, 0.15) is 55.1 Å². The molecule has 2 rings (SSSR count). The molecule has 2 aromatic rings. The second-order valence-electron chi connectivity index (χ2n) is 7.95. The van der Waals surface area contributed by atoms with Crippen LogP contribution in [0.15, 0.2) is 78.7 Å². The third-order valence-electron chi connectivity index (χ3n) is 5.25. The number of rotatable bonds is 12. The molecule has 0 amide bonds. The van der Waals surface area contributed by atoms with Crippen LogP contribution in [-0.2, 0) is 4.79 Å². The van der Waals surface area contributed by atoms with Crippen molar-refractivity contribution in [2.75, 3.05) is 6.54 Å². The Morgan fingerprint density at radius 3 is 2.45 bits per heavy atom. The number of carboxylic acid groups (broad SMARTS) is 1. The van der Waals surface area contributed by atoms with Gasteiger partial charge in [-0.15, -0.1) is 0 Å². The summed E-state index contributed by atoms with van der Waals surface area (Å²) in [7, 11) is 0. The number of carboxylic acids is 1. The van der Waals surface area contributed by atoms with E-state index in [-0.39, 0.29) is 5.78 Å². The van der Waals surface area contributed by atoms with E-state index in [2.05, 4.69) is 13.5 Å². The number of ketones is 1. The number of hydrogen-bond donors (Lipinski definition) is 1. The SMILES string of the molecule is C=C(C(=O)c1ccc(C)cc1)N(/C=C(\C)CC)C/C=C/c1cccc(OC(CC)C(=O)O)c1. The van der Waals surface area contributed by atoms with E-state index in [1.54, 1.807) is 19.1 Å². The molecule has 0 radical (unpaired) electrons. The van der Waals surface area contributed by atoms with Crippen LogP contribution in [0.3, 0.4) is 0 Å². The number of hydrogen-bond acceptors (Lipinski definition) is 4. The third kappa shape index (κ3) is 7.79. The van der Waals surface area contributed by atoms with Crippen LogP contribution >= 0.6 is 0 Å². The average Bonchev–Trinajstić information content (AvgIpc) is 2.81. The van der Waals surface area contributed by atoms with Crippen molar-refractivity contribution in [3.63, 3.8) is 0 Å². The van der Waals surface area contributed by atoms with E-state index in [9.17, 15) is 14.7 Å². The van der Waals surface area contributed by atoms with Crippen molar-refractivity contribution in [1.82, 2.24) is 4.90 Å². The highest BCUT2D eigenvalue weighted by Crippen LogP contribution is 2.19. The maximum Gasteiger partial charge on any atom is 0.344 e. The molecule has 0 aliphatic rings. The van der Waals surface area contributed by atoms with Gasteiger partial charge in [0.05, 0.1) is 5.70 Å². The van der Waals surface area contributed by atoms with Gasteiger partial charge in [-0.3, -0.25) is 4.79 Å². The Kier molecular flexibility index (Phi) is 9.67. The Morgan fingerprint density at radius 2 is 1.85 bits per heavy atom. The fraction of sp³-hybridized carbons (Fsp3) is 0.286. The third-order valence-corrected chi connectivity index (χ3v) is 5.25. The Bertz CT molecular complexity index is 1030. The zero-order valence-electron chi connectivity index (χ0n) is 19.9. The monoisotopic (exact) mass is 447 g/mol. The van der Waals surface area contributed by atoms with Gasteiger partial charge in [0.1, 0.15) is 5.75 Å². The van der Waals surface area contributed by atoms with Crippen molar-refractivity contribution in [3.8, 4) is 5.75 Å². The minimum Gasteiger partial charge on any atom is -0.479 e. The van der Waals surface area contributed by atoms with E-state index in [0.717, 1.165) is 23.1 Å². The number of aryl methyl sites for hydroxylation is 1. The second-order valence-corrected chi connectivity index (χ2v) is 7.95. The van der Waals surface area contributed by atoms with Crippen molar-refractivity contribution in [2.24, 2.45) is 0 Å². The zero-order chi connectivity index (χ0) is 24.4. The predicted octanol–water partition coefficient (Wildman–Crippen LogP) is 6.26. The Balaban J connectivity index is 2.17. The summed E-state index contributed by atoms with van der Waals surface area (Å²) in [6, 6.07) is 14.7. The molecule has 33 heavy (non-hydrogen) atoms. The molecule has 0 aliphatic carbocycles. The van der Waals surface area contributed by atoms with Crippen molar-refractivity contribution in [1.29, 1.82) is 0 Å². The Hall–Kier alpha value is -3.60. The van der Waals surface area contributed by atoms with E-state index in [1.165, 1.54) is 0 Å². The number of benzene rings is 2. The van der Waals surface area contributed by atoms with Gasteiger partial charge in [-0.1, -0.05) is 80.1 Å². The lowest BCUT2D eigenvalue weighted by atomic mass is 10.1. The number of allylic oxidation sites excluding steroid dienone is 2. The molecular weight excluding hydrogens is 414 g/mol. The summed E-state index contributed by atoms with van der Waals surface area (Å²) < 4.78 is 5.58. The summed E-state index contributed by atoms with van der Waals surface area (Å²) in [6.07, 6.45) is 6.19. The highest BCUT2D eigenvalue weighted by molar-refractivity contribution is 6.08. The van der Waals surface area contributed by atoms with E-state index in [1.807, 2.05) is 73.5 Å². The fourth-order valence-electron chi connectivity index (χ4n) is 3.07. The summed E-state index contributed by atoms with van der Waals surface area (Å²) in [6.45, 7) is 12.4. The zero-order valence-corrected chi connectivity index (χ0v) is 19.9. The highest BCUT2D eigenvalue weighted by Gasteiger charge is 2.17. The van der Waals surface area contributed by atoms with Gasteiger partial charge in [0, 0.05) is 18.3 Å². The molecule has 0 spiro atoms. The van der Waals surface area contributed by atoms with Crippen molar-refractivity contribution < 1.29 is 19.4 Å². The molecule has 5 nitrogen and oxygen atoms in total. The lowest BCUT2D eigenvalue weighted by Gasteiger charge is -2.21. The summed E-state index contributed by atoms with van der Waals surface area (Å²) in [5, 5.41) is 9.21. The summed E-state index contributed by atoms with van der Waals surface area (Å²) in [5.41, 5.74) is 4.12. The van der Waals surface area contributed by atoms with Crippen LogP contribution in [0.5, 0.6) is 5.75 Å². The van der Waals surface area contributed by atoms with Crippen LogP contribution in [0.25, 0.3) is 6.08 Å². The molecular formula is C28H33NO4. The van der Waals surface area contributed by atoms with Gasteiger partial charge in [0.2, 0.25) is 5.78 Å². The van der Waals surface area contributed by atoms with Crippen molar-refractivity contribution in [2.45, 2.75) is 46.6 Å². The first kappa shape index (κ1) is 25.7. The predicted molar refractivity (Wildman–Crippen MR) is 133 cm³/mol. The van der Waals surface area contributed by atoms with E-state index in [4.69, 9.17) is 4.74 Å². The number of aliphatic carboxylic acids is 1. The largest absolute Gasteiger partial charge is 0.479 e. The number of carbonyl (C=O) groups is 2. The molecule has 0 aromatic heterocycles. The van der Waals surface area contributed by atoms with E-state index in [0.29, 0.717) is 30.0 Å². The van der Waals surface area contributed by atoms with E-state index < -0.39 is 12.1 Å². The van der Waals surface area contributed by atoms with Crippen LogP contribution in [0.4, 0.5) is 0 Å². The first-order chi connectivity index (χ1) is 15.7. The molecule has 1 unspecified atom stereocenters. The molecule has 0 aliphatic heterocycles. The minimum atomic E-state index is -0.982. The molecule has 1 atom stereocenters. The normalized spacial score (nSPS) is 12.4. The molecule has 0 fully saturated rings.